The molecular formula is C12H12N2O. The number of rotatable bonds is 0. The second-order valence-corrected chi connectivity index (χ2v) is 3.98. The first-order valence-corrected chi connectivity index (χ1v) is 5.35. The topological polar surface area (TPSA) is 34.4 Å². The molecule has 0 amide bonds. The smallest absolute Gasteiger partial charge is 0.261 e. The van der Waals surface area contributed by atoms with Crippen LogP contribution in [-0.2, 0) is 12.8 Å². The molecule has 0 saturated carbocycles. The van der Waals surface area contributed by atoms with Crippen molar-refractivity contribution < 1.29 is 0 Å². The van der Waals surface area contributed by atoms with E-state index in [1.54, 1.807) is 10.6 Å². The molecule has 2 aromatic heterocycles. The highest BCUT2D eigenvalue weighted by Crippen LogP contribution is 2.16. The van der Waals surface area contributed by atoms with E-state index < -0.39 is 0 Å². The minimum atomic E-state index is 0.121. The first-order valence-electron chi connectivity index (χ1n) is 5.35. The van der Waals surface area contributed by atoms with Crippen LogP contribution in [0.5, 0.6) is 0 Å². The summed E-state index contributed by atoms with van der Waals surface area (Å²) < 4.78 is 1.64. The summed E-state index contributed by atoms with van der Waals surface area (Å²) in [5.74, 6) is 0. The summed E-state index contributed by atoms with van der Waals surface area (Å²) in [5.41, 5.74) is 2.82. The maximum Gasteiger partial charge on any atom is 0.261 e. The van der Waals surface area contributed by atoms with Crippen LogP contribution in [0.25, 0.3) is 5.65 Å². The molecule has 0 spiro atoms. The molecule has 2 aromatic rings. The summed E-state index contributed by atoms with van der Waals surface area (Å²) in [7, 11) is 0. The zero-order valence-electron chi connectivity index (χ0n) is 8.44. The van der Waals surface area contributed by atoms with Crippen LogP contribution in [0.3, 0.4) is 0 Å². The molecule has 0 unspecified atom stereocenters. The lowest BCUT2D eigenvalue weighted by molar-refractivity contribution is 0.656. The van der Waals surface area contributed by atoms with Crippen LogP contribution in [0.15, 0.2) is 29.2 Å². The van der Waals surface area contributed by atoms with Gasteiger partial charge in [0.1, 0.15) is 5.65 Å². The molecule has 1 aliphatic rings. The van der Waals surface area contributed by atoms with Gasteiger partial charge in [0.15, 0.2) is 0 Å². The summed E-state index contributed by atoms with van der Waals surface area (Å²) in [6.07, 6.45) is 5.90. The number of aryl methyl sites for hydroxylation is 1. The van der Waals surface area contributed by atoms with Gasteiger partial charge in [-0.2, -0.15) is 0 Å². The summed E-state index contributed by atoms with van der Waals surface area (Å²) >= 11 is 0. The molecule has 1 aliphatic carbocycles. The van der Waals surface area contributed by atoms with E-state index in [-0.39, 0.29) is 5.56 Å². The minimum absolute atomic E-state index is 0.121. The molecule has 0 saturated heterocycles. The summed E-state index contributed by atoms with van der Waals surface area (Å²) in [4.78, 5) is 16.6. The Hall–Kier alpha value is -1.64. The van der Waals surface area contributed by atoms with Crippen molar-refractivity contribution in [1.82, 2.24) is 9.38 Å². The van der Waals surface area contributed by atoms with Crippen molar-refractivity contribution in [3.05, 3.63) is 46.0 Å². The van der Waals surface area contributed by atoms with E-state index in [4.69, 9.17) is 0 Å². The standard InChI is InChI=1S/C12H12N2O/c15-12-9-5-1-2-6-10(9)13-11-7-3-4-8-14(11)12/h3-4,7-8H,1-2,5-6H2. The third-order valence-electron chi connectivity index (χ3n) is 3.00. The number of nitrogens with zero attached hydrogens (tertiary/aromatic N) is 2. The van der Waals surface area contributed by atoms with Crippen molar-refractivity contribution in [1.29, 1.82) is 0 Å². The van der Waals surface area contributed by atoms with E-state index in [1.807, 2.05) is 18.2 Å². The first-order chi connectivity index (χ1) is 7.36. The predicted octanol–water partition coefficient (Wildman–Crippen LogP) is 1.57. The molecule has 0 fully saturated rings. The number of fused-ring (bicyclic) bond motifs is 2. The van der Waals surface area contributed by atoms with Crippen molar-refractivity contribution in [3.63, 3.8) is 0 Å². The zero-order chi connectivity index (χ0) is 10.3. The lowest BCUT2D eigenvalue weighted by Gasteiger charge is -2.14. The van der Waals surface area contributed by atoms with Gasteiger partial charge in [0.2, 0.25) is 0 Å². The number of aromatic nitrogens is 2. The normalized spacial score (nSPS) is 15.2. The van der Waals surface area contributed by atoms with Gasteiger partial charge in [0, 0.05) is 11.8 Å². The molecule has 3 rings (SSSR count). The van der Waals surface area contributed by atoms with E-state index in [9.17, 15) is 4.79 Å². The van der Waals surface area contributed by atoms with Gasteiger partial charge in [-0.1, -0.05) is 6.07 Å². The Balaban J connectivity index is 2.41. The molecule has 76 valence electrons. The maximum absolute atomic E-state index is 12.1. The van der Waals surface area contributed by atoms with Crippen molar-refractivity contribution in [2.45, 2.75) is 25.7 Å². The van der Waals surface area contributed by atoms with E-state index in [2.05, 4.69) is 4.98 Å². The van der Waals surface area contributed by atoms with Crippen LogP contribution >= 0.6 is 0 Å². The lowest BCUT2D eigenvalue weighted by atomic mass is 9.97. The van der Waals surface area contributed by atoms with Crippen molar-refractivity contribution in [2.24, 2.45) is 0 Å². The van der Waals surface area contributed by atoms with Crippen LogP contribution in [0.2, 0.25) is 0 Å². The summed E-state index contributed by atoms with van der Waals surface area (Å²) in [6.45, 7) is 0. The molecule has 0 atom stereocenters. The molecule has 2 heterocycles. The Labute approximate surface area is 87.4 Å². The molecule has 0 aromatic carbocycles. The Kier molecular flexibility index (Phi) is 1.84. The SMILES string of the molecule is O=c1c2c(nc3ccccn13)CCCC2. The quantitative estimate of drug-likeness (QED) is 0.647. The minimum Gasteiger partial charge on any atom is -0.269 e. The van der Waals surface area contributed by atoms with Gasteiger partial charge in [-0.05, 0) is 37.8 Å². The molecule has 15 heavy (non-hydrogen) atoms. The largest absolute Gasteiger partial charge is 0.269 e. The van der Waals surface area contributed by atoms with Crippen molar-refractivity contribution in [3.8, 4) is 0 Å². The highest BCUT2D eigenvalue weighted by atomic mass is 16.1. The predicted molar refractivity (Wildman–Crippen MR) is 58.1 cm³/mol. The third-order valence-corrected chi connectivity index (χ3v) is 3.00. The maximum atomic E-state index is 12.1. The number of hydrogen-bond donors (Lipinski definition) is 0. The van der Waals surface area contributed by atoms with Crippen LogP contribution in [0.1, 0.15) is 24.1 Å². The second-order valence-electron chi connectivity index (χ2n) is 3.98. The second kappa shape index (κ2) is 3.19. The van der Waals surface area contributed by atoms with Gasteiger partial charge < -0.3 is 0 Å². The van der Waals surface area contributed by atoms with Crippen LogP contribution < -0.4 is 5.56 Å². The molecule has 0 aliphatic heterocycles. The van der Waals surface area contributed by atoms with Crippen molar-refractivity contribution >= 4 is 5.65 Å². The average molecular weight is 200 g/mol. The fourth-order valence-electron chi connectivity index (χ4n) is 2.22. The van der Waals surface area contributed by atoms with Gasteiger partial charge >= 0.3 is 0 Å². The highest BCUT2D eigenvalue weighted by Gasteiger charge is 2.15. The molecule has 3 heteroatoms. The first kappa shape index (κ1) is 8.65. The Morgan fingerprint density at radius 2 is 2.07 bits per heavy atom. The van der Waals surface area contributed by atoms with Crippen molar-refractivity contribution in [2.75, 3.05) is 0 Å². The summed E-state index contributed by atoms with van der Waals surface area (Å²) in [6, 6.07) is 5.67. The van der Waals surface area contributed by atoms with E-state index >= 15 is 0 Å². The monoisotopic (exact) mass is 200 g/mol. The van der Waals surface area contributed by atoms with Gasteiger partial charge in [-0.25, -0.2) is 4.98 Å². The highest BCUT2D eigenvalue weighted by molar-refractivity contribution is 5.41. The van der Waals surface area contributed by atoms with Crippen LogP contribution in [0.4, 0.5) is 0 Å². The number of pyridine rings is 1. The number of hydrogen-bond acceptors (Lipinski definition) is 2. The molecule has 0 bridgehead atoms. The van der Waals surface area contributed by atoms with Gasteiger partial charge in [0.25, 0.3) is 5.56 Å². The fourth-order valence-corrected chi connectivity index (χ4v) is 2.22. The molecule has 0 N–H and O–H groups in total. The molecular weight excluding hydrogens is 188 g/mol. The van der Waals surface area contributed by atoms with Crippen LogP contribution in [-0.4, -0.2) is 9.38 Å². The fraction of sp³-hybridized carbons (Fsp3) is 0.333. The third kappa shape index (κ3) is 1.27. The molecule has 0 radical (unpaired) electrons. The Bertz CT molecular complexity index is 571. The van der Waals surface area contributed by atoms with E-state index in [0.29, 0.717) is 0 Å². The van der Waals surface area contributed by atoms with Gasteiger partial charge in [0.05, 0.1) is 5.69 Å². The van der Waals surface area contributed by atoms with Crippen LogP contribution in [0, 0.1) is 0 Å². The van der Waals surface area contributed by atoms with E-state index in [1.165, 1.54) is 0 Å². The van der Waals surface area contributed by atoms with Gasteiger partial charge in [-0.15, -0.1) is 0 Å². The zero-order valence-corrected chi connectivity index (χ0v) is 8.44. The van der Waals surface area contributed by atoms with E-state index in [0.717, 1.165) is 42.6 Å². The molecule has 3 nitrogen and oxygen atoms in total. The lowest BCUT2D eigenvalue weighted by Crippen LogP contribution is -2.24. The van der Waals surface area contributed by atoms with Gasteiger partial charge in [-0.3, -0.25) is 9.20 Å². The summed E-state index contributed by atoms with van der Waals surface area (Å²) in [5, 5.41) is 0. The average Bonchev–Trinajstić information content (AvgIpc) is 2.30. The Morgan fingerprint density at radius 1 is 1.20 bits per heavy atom. The Morgan fingerprint density at radius 3 is 3.00 bits per heavy atom.